The maximum Gasteiger partial charge on any atom is 0.262 e. The first kappa shape index (κ1) is 18.7. The van der Waals surface area contributed by atoms with Crippen LogP contribution in [0.25, 0.3) is 6.08 Å². The molecule has 0 aliphatic heterocycles. The van der Waals surface area contributed by atoms with Gasteiger partial charge in [0.15, 0.2) is 0 Å². The lowest BCUT2D eigenvalue weighted by atomic mass is 10.1. The number of hydrogen-bond acceptors (Lipinski definition) is 3. The van der Waals surface area contributed by atoms with Crippen molar-refractivity contribution in [1.29, 1.82) is 5.26 Å². The highest BCUT2D eigenvalue weighted by Gasteiger charge is 2.24. The van der Waals surface area contributed by atoms with E-state index in [0.717, 1.165) is 32.9 Å². The molecule has 2 aromatic carbocycles. The van der Waals surface area contributed by atoms with Crippen LogP contribution >= 0.6 is 31.9 Å². The molecule has 0 heterocycles. The SMILES string of the molecule is N#CC(=Cc1ccc(OCc2ccc(Br)cc2)c(Br)c1)C(=O)NC1CC1. The quantitative estimate of drug-likeness (QED) is 0.473. The predicted octanol–water partition coefficient (Wildman–Crippen LogP) is 4.98. The molecular formula is C20H16Br2N2O2. The molecule has 0 radical (unpaired) electrons. The molecule has 26 heavy (non-hydrogen) atoms. The van der Waals surface area contributed by atoms with Crippen molar-refractivity contribution in [3.8, 4) is 11.8 Å². The molecule has 0 saturated heterocycles. The van der Waals surface area contributed by atoms with Crippen LogP contribution < -0.4 is 10.1 Å². The summed E-state index contributed by atoms with van der Waals surface area (Å²) in [6, 6.07) is 15.6. The van der Waals surface area contributed by atoms with Gasteiger partial charge in [-0.2, -0.15) is 5.26 Å². The van der Waals surface area contributed by atoms with E-state index in [-0.39, 0.29) is 17.5 Å². The van der Waals surface area contributed by atoms with E-state index in [1.165, 1.54) is 0 Å². The Balaban J connectivity index is 1.68. The van der Waals surface area contributed by atoms with E-state index in [9.17, 15) is 10.1 Å². The molecule has 1 aliphatic carbocycles. The van der Waals surface area contributed by atoms with Gasteiger partial charge in [0, 0.05) is 10.5 Å². The van der Waals surface area contributed by atoms with Crippen LogP contribution in [0, 0.1) is 11.3 Å². The molecule has 0 atom stereocenters. The first-order valence-electron chi connectivity index (χ1n) is 8.14. The van der Waals surface area contributed by atoms with Gasteiger partial charge in [-0.1, -0.05) is 34.1 Å². The number of amides is 1. The summed E-state index contributed by atoms with van der Waals surface area (Å²) in [6.45, 7) is 0.453. The Morgan fingerprint density at radius 1 is 1.23 bits per heavy atom. The molecule has 0 unspecified atom stereocenters. The lowest BCUT2D eigenvalue weighted by Crippen LogP contribution is -2.26. The zero-order valence-electron chi connectivity index (χ0n) is 13.8. The molecule has 1 saturated carbocycles. The molecule has 0 spiro atoms. The first-order valence-corrected chi connectivity index (χ1v) is 9.73. The lowest BCUT2D eigenvalue weighted by Gasteiger charge is -2.09. The van der Waals surface area contributed by atoms with Crippen molar-refractivity contribution < 1.29 is 9.53 Å². The molecule has 6 heteroatoms. The topological polar surface area (TPSA) is 62.1 Å². The average molecular weight is 476 g/mol. The third-order valence-electron chi connectivity index (χ3n) is 3.85. The fourth-order valence-corrected chi connectivity index (χ4v) is 3.05. The van der Waals surface area contributed by atoms with Gasteiger partial charge in [0.05, 0.1) is 4.47 Å². The Morgan fingerprint density at radius 2 is 1.96 bits per heavy atom. The van der Waals surface area contributed by atoms with Crippen molar-refractivity contribution in [2.45, 2.75) is 25.5 Å². The Bertz CT molecular complexity index is 882. The van der Waals surface area contributed by atoms with Crippen molar-refractivity contribution >= 4 is 43.8 Å². The highest BCUT2D eigenvalue weighted by Crippen LogP contribution is 2.28. The van der Waals surface area contributed by atoms with Gasteiger partial charge in [-0.05, 0) is 70.2 Å². The zero-order valence-corrected chi connectivity index (χ0v) is 17.0. The van der Waals surface area contributed by atoms with Gasteiger partial charge in [-0.3, -0.25) is 4.79 Å². The Labute approximate surface area is 169 Å². The van der Waals surface area contributed by atoms with E-state index in [2.05, 4.69) is 37.2 Å². The molecule has 132 valence electrons. The average Bonchev–Trinajstić information content (AvgIpc) is 3.44. The third-order valence-corrected chi connectivity index (χ3v) is 5.00. The van der Waals surface area contributed by atoms with Gasteiger partial charge in [0.2, 0.25) is 0 Å². The lowest BCUT2D eigenvalue weighted by molar-refractivity contribution is -0.117. The van der Waals surface area contributed by atoms with Gasteiger partial charge in [-0.15, -0.1) is 0 Å². The van der Waals surface area contributed by atoms with E-state index in [1.54, 1.807) is 6.08 Å². The van der Waals surface area contributed by atoms with E-state index < -0.39 is 0 Å². The molecule has 1 amide bonds. The molecule has 4 nitrogen and oxygen atoms in total. The van der Waals surface area contributed by atoms with Gasteiger partial charge in [-0.25, -0.2) is 0 Å². The summed E-state index contributed by atoms with van der Waals surface area (Å²) in [5.74, 6) is 0.382. The number of nitrogens with one attached hydrogen (secondary N) is 1. The summed E-state index contributed by atoms with van der Waals surface area (Å²) < 4.78 is 7.62. The summed E-state index contributed by atoms with van der Waals surface area (Å²) in [7, 11) is 0. The minimum atomic E-state index is -0.318. The number of nitriles is 1. The van der Waals surface area contributed by atoms with E-state index >= 15 is 0 Å². The summed E-state index contributed by atoms with van der Waals surface area (Å²) in [5.41, 5.74) is 1.93. The van der Waals surface area contributed by atoms with Crippen LogP contribution in [-0.2, 0) is 11.4 Å². The molecule has 0 bridgehead atoms. The molecule has 3 rings (SSSR count). The summed E-state index contributed by atoms with van der Waals surface area (Å²) in [6.07, 6.45) is 3.56. The maximum absolute atomic E-state index is 12.0. The number of carbonyl (C=O) groups excluding carboxylic acids is 1. The molecule has 0 aromatic heterocycles. The van der Waals surface area contributed by atoms with Gasteiger partial charge >= 0.3 is 0 Å². The largest absolute Gasteiger partial charge is 0.488 e. The summed E-state index contributed by atoms with van der Waals surface area (Å²) in [4.78, 5) is 12.0. The minimum absolute atomic E-state index is 0.104. The second kappa shape index (κ2) is 8.52. The van der Waals surface area contributed by atoms with Crippen molar-refractivity contribution in [3.63, 3.8) is 0 Å². The molecule has 1 fully saturated rings. The smallest absolute Gasteiger partial charge is 0.262 e. The number of carbonyl (C=O) groups is 1. The third kappa shape index (κ3) is 5.20. The standard InChI is InChI=1S/C20H16Br2N2O2/c21-16-4-1-13(2-5-16)12-26-19-8-3-14(10-18(19)22)9-15(11-23)20(25)24-17-6-7-17/h1-5,8-10,17H,6-7,12H2,(H,24,25). The van der Waals surface area contributed by atoms with Crippen LogP contribution in [-0.4, -0.2) is 11.9 Å². The van der Waals surface area contributed by atoms with Crippen LogP contribution in [0.1, 0.15) is 24.0 Å². The second-order valence-electron chi connectivity index (χ2n) is 6.02. The Hall–Kier alpha value is -2.10. The van der Waals surface area contributed by atoms with E-state index in [4.69, 9.17) is 4.74 Å². The van der Waals surface area contributed by atoms with Crippen LogP contribution in [0.2, 0.25) is 0 Å². The molecular weight excluding hydrogens is 460 g/mol. The van der Waals surface area contributed by atoms with Crippen LogP contribution in [0.4, 0.5) is 0 Å². The zero-order chi connectivity index (χ0) is 18.5. The summed E-state index contributed by atoms with van der Waals surface area (Å²) >= 11 is 6.89. The first-order chi connectivity index (χ1) is 12.5. The molecule has 1 N–H and O–H groups in total. The van der Waals surface area contributed by atoms with E-state index in [0.29, 0.717) is 12.4 Å². The van der Waals surface area contributed by atoms with Crippen LogP contribution in [0.5, 0.6) is 5.75 Å². The second-order valence-corrected chi connectivity index (χ2v) is 7.79. The number of ether oxygens (including phenoxy) is 1. The number of rotatable bonds is 6. The highest BCUT2D eigenvalue weighted by atomic mass is 79.9. The highest BCUT2D eigenvalue weighted by molar-refractivity contribution is 9.10. The Morgan fingerprint density at radius 3 is 2.58 bits per heavy atom. The number of halogens is 2. The van der Waals surface area contributed by atoms with Gasteiger partial charge in [0.25, 0.3) is 5.91 Å². The van der Waals surface area contributed by atoms with Crippen LogP contribution in [0.15, 0.2) is 57.0 Å². The normalized spacial score (nSPS) is 13.8. The Kier molecular flexibility index (Phi) is 6.12. The fourth-order valence-electron chi connectivity index (χ4n) is 2.27. The molecule has 2 aromatic rings. The summed E-state index contributed by atoms with van der Waals surface area (Å²) in [5, 5.41) is 12.0. The number of nitrogens with zero attached hydrogens (tertiary/aromatic N) is 1. The number of hydrogen-bond donors (Lipinski definition) is 1. The van der Waals surface area contributed by atoms with Crippen molar-refractivity contribution in [3.05, 3.63) is 68.1 Å². The predicted molar refractivity (Wildman–Crippen MR) is 107 cm³/mol. The molecule has 1 aliphatic rings. The van der Waals surface area contributed by atoms with Crippen molar-refractivity contribution in [2.24, 2.45) is 0 Å². The fraction of sp³-hybridized carbons (Fsp3) is 0.200. The minimum Gasteiger partial charge on any atom is -0.488 e. The number of benzene rings is 2. The van der Waals surface area contributed by atoms with Crippen molar-refractivity contribution in [2.75, 3.05) is 0 Å². The van der Waals surface area contributed by atoms with Crippen molar-refractivity contribution in [1.82, 2.24) is 5.32 Å². The van der Waals surface area contributed by atoms with Gasteiger partial charge in [0.1, 0.15) is 24.0 Å². The van der Waals surface area contributed by atoms with Crippen LogP contribution in [0.3, 0.4) is 0 Å². The van der Waals surface area contributed by atoms with E-state index in [1.807, 2.05) is 48.5 Å². The maximum atomic E-state index is 12.0. The van der Waals surface area contributed by atoms with Gasteiger partial charge < -0.3 is 10.1 Å². The monoisotopic (exact) mass is 474 g/mol.